The highest BCUT2D eigenvalue weighted by atomic mass is 32.1. The van der Waals surface area contributed by atoms with Crippen molar-refractivity contribution in [2.75, 3.05) is 0 Å². The minimum absolute atomic E-state index is 0.858. The van der Waals surface area contributed by atoms with Crippen LogP contribution in [0.5, 0.6) is 0 Å². The molecular formula is C35H11BF20N2S. The molecule has 0 atom stereocenters. The molecule has 0 saturated carbocycles. The van der Waals surface area contributed by atoms with Crippen molar-refractivity contribution in [2.24, 2.45) is 0 Å². The molecule has 6 rings (SSSR count). The molecule has 0 aliphatic rings. The Labute approximate surface area is 320 Å². The van der Waals surface area contributed by atoms with Gasteiger partial charge in [-0.25, -0.2) is 87.8 Å². The van der Waals surface area contributed by atoms with E-state index < -0.39 is 144 Å². The van der Waals surface area contributed by atoms with E-state index >= 15 is 35.1 Å². The quantitative estimate of drug-likeness (QED) is 0.0457. The van der Waals surface area contributed by atoms with Crippen LogP contribution in [0.3, 0.4) is 0 Å². The summed E-state index contributed by atoms with van der Waals surface area (Å²) in [5, 5.41) is 0. The first-order valence-electron chi connectivity index (χ1n) is 15.3. The molecule has 1 heterocycles. The maximum Gasteiger partial charge on any atom is 0.200 e. The molecule has 5 aromatic carbocycles. The van der Waals surface area contributed by atoms with Crippen molar-refractivity contribution in [3.05, 3.63) is 171 Å². The van der Waals surface area contributed by atoms with Gasteiger partial charge in [-0.2, -0.15) is 4.57 Å². The van der Waals surface area contributed by atoms with E-state index in [2.05, 4.69) is 34.3 Å². The van der Waals surface area contributed by atoms with Crippen molar-refractivity contribution < 1.29 is 92.4 Å². The van der Waals surface area contributed by atoms with Crippen LogP contribution in [-0.2, 0) is 6.54 Å². The predicted molar refractivity (Wildman–Crippen MR) is 166 cm³/mol. The van der Waals surface area contributed by atoms with Crippen LogP contribution < -0.4 is 26.4 Å². The zero-order valence-corrected chi connectivity index (χ0v) is 28.7. The lowest BCUT2D eigenvalue weighted by molar-refractivity contribution is -0.688. The van der Waals surface area contributed by atoms with Crippen molar-refractivity contribution in [3.8, 4) is 0 Å². The normalized spacial score (nSPS) is 11.5. The zero-order chi connectivity index (χ0) is 44.2. The molecule has 0 fully saturated rings. The molecule has 0 spiro atoms. The van der Waals surface area contributed by atoms with Crippen LogP contribution in [0, 0.1) is 116 Å². The van der Waals surface area contributed by atoms with Gasteiger partial charge in [-0.05, 0) is 12.1 Å². The molecule has 310 valence electrons. The molecule has 0 saturated heterocycles. The van der Waals surface area contributed by atoms with Gasteiger partial charge < -0.3 is 0 Å². The van der Waals surface area contributed by atoms with E-state index in [4.69, 9.17) is 0 Å². The molecule has 24 heteroatoms. The Morgan fingerprint density at radius 1 is 0.390 bits per heavy atom. The smallest absolute Gasteiger partial charge is 0.200 e. The maximum atomic E-state index is 15.4. The highest BCUT2D eigenvalue weighted by Gasteiger charge is 2.52. The van der Waals surface area contributed by atoms with E-state index in [9.17, 15) is 52.7 Å². The second-order valence-corrected chi connectivity index (χ2v) is 12.4. The van der Waals surface area contributed by atoms with Crippen LogP contribution in [0.4, 0.5) is 87.8 Å². The van der Waals surface area contributed by atoms with E-state index in [0.29, 0.717) is 0 Å². The van der Waals surface area contributed by atoms with E-state index in [1.807, 2.05) is 24.5 Å². The highest BCUT2D eigenvalue weighted by molar-refractivity contribution is 7.80. The third-order valence-electron chi connectivity index (χ3n) is 8.67. The number of hydrogen-bond acceptors (Lipinski definition) is 2. The summed E-state index contributed by atoms with van der Waals surface area (Å²) in [5.41, 5.74) is -13.1. The number of hydrogen-bond donors (Lipinski definition) is 1. The fraction of sp³-hybridized carbons (Fsp3) is 0.0286. The summed E-state index contributed by atoms with van der Waals surface area (Å²) in [6.07, 6.45) is 0.247. The van der Waals surface area contributed by atoms with Crippen LogP contribution >= 0.6 is 12.6 Å². The van der Waals surface area contributed by atoms with Gasteiger partial charge in [-0.15, -0.1) is 34.5 Å². The number of halogens is 20. The van der Waals surface area contributed by atoms with E-state index in [-0.39, 0.29) is 0 Å². The molecule has 0 aliphatic carbocycles. The molecular weight excluding hydrogens is 871 g/mol. The molecule has 2 nitrogen and oxygen atoms in total. The predicted octanol–water partition coefficient (Wildman–Crippen LogP) is 7.55. The van der Waals surface area contributed by atoms with Gasteiger partial charge in [0.1, 0.15) is 52.7 Å². The number of benzene rings is 5. The summed E-state index contributed by atoms with van der Waals surface area (Å²) in [6.45, 7) is 0.858. The first-order chi connectivity index (χ1) is 27.5. The third kappa shape index (κ3) is 7.09. The molecule has 0 unspecified atom stereocenters. The van der Waals surface area contributed by atoms with Gasteiger partial charge in [0.2, 0.25) is 0 Å². The Morgan fingerprint density at radius 2 is 0.644 bits per heavy atom. The summed E-state index contributed by atoms with van der Waals surface area (Å²) in [4.78, 5) is 4.97. The van der Waals surface area contributed by atoms with Crippen molar-refractivity contribution in [3.63, 3.8) is 0 Å². The minimum atomic E-state index is -7.22. The van der Waals surface area contributed by atoms with Gasteiger partial charge in [-0.3, -0.25) is 4.98 Å². The third-order valence-corrected chi connectivity index (χ3v) is 8.95. The Morgan fingerprint density at radius 3 is 0.898 bits per heavy atom. The second kappa shape index (κ2) is 16.4. The standard InChI is InChI=1S/C24BF20.C11H10N2S/c26-5-1(6(27)14(35)21(42)13(5)34)25(2-7(28)15(36)22(43)16(37)8(2)29,3-9(30)17(38)23(44)18(39)10(3)31)4-11(32)19(40)24(45)20(41)12(4)33;14-11-3-1-2-10(8-11)9-13-6-4-12-5-7-13/h;1-8H,9H2/q-1;/p+1. The van der Waals surface area contributed by atoms with E-state index in [1.54, 1.807) is 12.4 Å². The summed E-state index contributed by atoms with van der Waals surface area (Å²) in [7, 11) is 0. The molecule has 0 N–H and O–H groups in total. The molecule has 1 aromatic heterocycles. The Hall–Kier alpha value is -5.81. The summed E-state index contributed by atoms with van der Waals surface area (Å²) in [6, 6.07) is 8.15. The van der Waals surface area contributed by atoms with Gasteiger partial charge in [0.15, 0.2) is 88.7 Å². The average Bonchev–Trinajstić information content (AvgIpc) is 3.21. The number of nitrogens with zero attached hydrogens (tertiary/aromatic N) is 2. The van der Waals surface area contributed by atoms with Crippen LogP contribution in [0.25, 0.3) is 0 Å². The van der Waals surface area contributed by atoms with Gasteiger partial charge in [-0.1, -0.05) is 12.1 Å². The van der Waals surface area contributed by atoms with Gasteiger partial charge in [0, 0.05) is 10.5 Å². The first kappa shape index (κ1) is 44.3. The van der Waals surface area contributed by atoms with Crippen LogP contribution in [0.1, 0.15) is 5.56 Å². The molecule has 0 bridgehead atoms. The fourth-order valence-electron chi connectivity index (χ4n) is 6.19. The minimum Gasteiger partial charge on any atom is -0.252 e. The second-order valence-electron chi connectivity index (χ2n) is 11.9. The van der Waals surface area contributed by atoms with Crippen LogP contribution in [0.2, 0.25) is 0 Å². The fourth-order valence-corrected chi connectivity index (χ4v) is 6.44. The monoisotopic (exact) mass is 882 g/mol. The zero-order valence-electron chi connectivity index (χ0n) is 27.8. The van der Waals surface area contributed by atoms with Crippen molar-refractivity contribution in [2.45, 2.75) is 11.4 Å². The molecule has 0 aliphatic heterocycles. The van der Waals surface area contributed by atoms with Gasteiger partial charge in [0.05, 0.1) is 12.4 Å². The molecule has 0 radical (unpaired) electrons. The van der Waals surface area contributed by atoms with Gasteiger partial charge >= 0.3 is 0 Å². The molecule has 6 aromatic rings. The molecule has 59 heavy (non-hydrogen) atoms. The Balaban J connectivity index is 0.000000395. The summed E-state index contributed by atoms with van der Waals surface area (Å²) < 4.78 is 296. The number of thiol groups is 1. The number of aromatic nitrogens is 2. The SMILES string of the molecule is Fc1c(F)c(F)c([B-](c2c(F)c(F)c(F)c(F)c2F)(c2c(F)c(F)c(F)c(F)c2F)c2c(F)c(F)c(F)c(F)c2F)c(F)c1F.Sc1cccc(C[n+]2ccncc2)c1. The largest absolute Gasteiger partial charge is 0.252 e. The summed E-state index contributed by atoms with van der Waals surface area (Å²) >= 11 is 4.30. The Bertz CT molecular complexity index is 2280. The van der Waals surface area contributed by atoms with E-state index in [1.165, 1.54) is 5.56 Å². The maximum absolute atomic E-state index is 15.4. The lowest BCUT2D eigenvalue weighted by Crippen LogP contribution is -2.81. The van der Waals surface area contributed by atoms with Crippen molar-refractivity contribution >= 4 is 40.6 Å². The average molecular weight is 882 g/mol. The number of rotatable bonds is 6. The van der Waals surface area contributed by atoms with Crippen LogP contribution in [-0.4, -0.2) is 11.1 Å². The van der Waals surface area contributed by atoms with Crippen LogP contribution in [0.15, 0.2) is 53.9 Å². The lowest BCUT2D eigenvalue weighted by Gasteiger charge is -2.44. The van der Waals surface area contributed by atoms with Gasteiger partial charge in [0.25, 0.3) is 0 Å². The van der Waals surface area contributed by atoms with Crippen molar-refractivity contribution in [1.82, 2.24) is 4.98 Å². The topological polar surface area (TPSA) is 16.8 Å². The highest BCUT2D eigenvalue weighted by Crippen LogP contribution is 2.30. The lowest BCUT2D eigenvalue weighted by atomic mass is 9.12. The Kier molecular flexibility index (Phi) is 12.4. The van der Waals surface area contributed by atoms with Crippen molar-refractivity contribution in [1.29, 1.82) is 0 Å². The van der Waals surface area contributed by atoms with E-state index in [0.717, 1.165) is 11.4 Å². The summed E-state index contributed by atoms with van der Waals surface area (Å²) in [5.74, 6) is -71.4. The molecule has 0 amide bonds. The first-order valence-corrected chi connectivity index (χ1v) is 15.8.